The van der Waals surface area contributed by atoms with Gasteiger partial charge in [0.25, 0.3) is 5.91 Å². The average Bonchev–Trinajstić information content (AvgIpc) is 3.10. The summed E-state index contributed by atoms with van der Waals surface area (Å²) in [6, 6.07) is 4.90. The Balaban J connectivity index is 2.05. The molecule has 5 nitrogen and oxygen atoms in total. The molecule has 1 saturated heterocycles. The van der Waals surface area contributed by atoms with Crippen LogP contribution in [0.15, 0.2) is 47.1 Å². The van der Waals surface area contributed by atoms with Gasteiger partial charge in [-0.1, -0.05) is 12.1 Å². The number of hydrogen-bond donors (Lipinski definition) is 1. The number of nitrogens with zero attached hydrogens (tertiary/aromatic N) is 1. The summed E-state index contributed by atoms with van der Waals surface area (Å²) in [6.45, 7) is -0.448. The standard InChI is InChI=1S/C15H10F4N2O3/c16-10-5-3-9(4-6-10)14(15(17,18)19)12(22)21(13(23)20-14)8-11-2-1-7-24-11/h1-7H,8H2,(H,20,23). The van der Waals surface area contributed by atoms with E-state index < -0.39 is 41.6 Å². The zero-order valence-electron chi connectivity index (χ0n) is 11.9. The van der Waals surface area contributed by atoms with Gasteiger partial charge in [0.15, 0.2) is 0 Å². The lowest BCUT2D eigenvalue weighted by Crippen LogP contribution is -2.55. The van der Waals surface area contributed by atoms with Gasteiger partial charge in [0.2, 0.25) is 5.54 Å². The molecule has 24 heavy (non-hydrogen) atoms. The van der Waals surface area contributed by atoms with E-state index in [9.17, 15) is 27.2 Å². The Bertz CT molecular complexity index is 771. The van der Waals surface area contributed by atoms with Crippen LogP contribution in [0.25, 0.3) is 0 Å². The molecule has 0 saturated carbocycles. The molecule has 126 valence electrons. The number of imide groups is 1. The van der Waals surface area contributed by atoms with E-state index in [0.717, 1.165) is 24.3 Å². The summed E-state index contributed by atoms with van der Waals surface area (Å²) >= 11 is 0. The van der Waals surface area contributed by atoms with Crippen LogP contribution in [-0.2, 0) is 16.9 Å². The van der Waals surface area contributed by atoms with Gasteiger partial charge < -0.3 is 9.73 Å². The van der Waals surface area contributed by atoms with Crippen molar-refractivity contribution in [1.82, 2.24) is 10.2 Å². The summed E-state index contributed by atoms with van der Waals surface area (Å²) in [5.74, 6) is -2.11. The third kappa shape index (κ3) is 2.32. The topological polar surface area (TPSA) is 62.6 Å². The van der Waals surface area contributed by atoms with Crippen molar-refractivity contribution in [3.8, 4) is 0 Å². The first-order valence-electron chi connectivity index (χ1n) is 6.75. The number of nitrogens with one attached hydrogen (secondary N) is 1. The van der Waals surface area contributed by atoms with Crippen LogP contribution in [0.2, 0.25) is 0 Å². The molecule has 2 heterocycles. The lowest BCUT2D eigenvalue weighted by molar-refractivity contribution is -0.198. The molecule has 0 bridgehead atoms. The highest BCUT2D eigenvalue weighted by Gasteiger charge is 2.68. The second kappa shape index (κ2) is 5.36. The van der Waals surface area contributed by atoms with Crippen molar-refractivity contribution in [1.29, 1.82) is 0 Å². The van der Waals surface area contributed by atoms with Gasteiger partial charge in [-0.3, -0.25) is 9.69 Å². The highest BCUT2D eigenvalue weighted by Crippen LogP contribution is 2.43. The van der Waals surface area contributed by atoms with Crippen molar-refractivity contribution in [3.05, 3.63) is 59.8 Å². The van der Waals surface area contributed by atoms with Gasteiger partial charge in [-0.05, 0) is 29.8 Å². The molecule has 3 rings (SSSR count). The number of halogens is 4. The van der Waals surface area contributed by atoms with Gasteiger partial charge in [-0.15, -0.1) is 0 Å². The fourth-order valence-electron chi connectivity index (χ4n) is 2.53. The van der Waals surface area contributed by atoms with E-state index in [0.29, 0.717) is 4.90 Å². The van der Waals surface area contributed by atoms with E-state index in [1.165, 1.54) is 18.4 Å². The summed E-state index contributed by atoms with van der Waals surface area (Å²) < 4.78 is 59.1. The van der Waals surface area contributed by atoms with Crippen molar-refractivity contribution in [2.75, 3.05) is 0 Å². The number of furan rings is 1. The Kier molecular flexibility index (Phi) is 3.58. The number of carbonyl (C=O) groups excluding carboxylic acids is 2. The van der Waals surface area contributed by atoms with Crippen LogP contribution in [0, 0.1) is 5.82 Å². The van der Waals surface area contributed by atoms with Gasteiger partial charge in [0.1, 0.15) is 11.6 Å². The lowest BCUT2D eigenvalue weighted by Gasteiger charge is -2.29. The average molecular weight is 342 g/mol. The maximum atomic E-state index is 13.7. The first-order chi connectivity index (χ1) is 11.3. The largest absolute Gasteiger partial charge is 0.467 e. The molecule has 3 amide bonds. The molecular weight excluding hydrogens is 332 g/mol. The van der Waals surface area contributed by atoms with Gasteiger partial charge in [0, 0.05) is 0 Å². The van der Waals surface area contributed by atoms with Crippen molar-refractivity contribution in [2.24, 2.45) is 0 Å². The second-order valence-electron chi connectivity index (χ2n) is 5.16. The number of hydrogen-bond acceptors (Lipinski definition) is 3. The first-order valence-corrected chi connectivity index (χ1v) is 6.75. The van der Waals surface area contributed by atoms with E-state index in [2.05, 4.69) is 0 Å². The van der Waals surface area contributed by atoms with Crippen molar-refractivity contribution >= 4 is 11.9 Å². The molecule has 0 radical (unpaired) electrons. The number of urea groups is 1. The minimum atomic E-state index is -5.12. The maximum Gasteiger partial charge on any atom is 0.425 e. The Labute approximate surface area is 132 Å². The predicted molar refractivity (Wildman–Crippen MR) is 71.9 cm³/mol. The molecule has 1 aliphatic heterocycles. The van der Waals surface area contributed by atoms with E-state index >= 15 is 0 Å². The number of alkyl halides is 3. The number of amides is 3. The molecule has 1 aromatic carbocycles. The fraction of sp³-hybridized carbons (Fsp3) is 0.200. The Morgan fingerprint density at radius 1 is 1.12 bits per heavy atom. The lowest BCUT2D eigenvalue weighted by atomic mass is 9.89. The zero-order valence-corrected chi connectivity index (χ0v) is 11.9. The van der Waals surface area contributed by atoms with E-state index in [-0.39, 0.29) is 5.76 Å². The number of benzene rings is 1. The smallest absolute Gasteiger partial charge is 0.425 e. The molecule has 1 aliphatic rings. The fourth-order valence-corrected chi connectivity index (χ4v) is 2.53. The molecule has 0 spiro atoms. The number of carbonyl (C=O) groups is 2. The summed E-state index contributed by atoms with van der Waals surface area (Å²) in [7, 11) is 0. The molecule has 1 aromatic heterocycles. The quantitative estimate of drug-likeness (QED) is 0.689. The molecule has 2 aromatic rings. The van der Waals surface area contributed by atoms with Crippen LogP contribution in [0.1, 0.15) is 11.3 Å². The van der Waals surface area contributed by atoms with Crippen molar-refractivity contribution in [3.63, 3.8) is 0 Å². The van der Waals surface area contributed by atoms with Gasteiger partial charge in [-0.2, -0.15) is 13.2 Å². The summed E-state index contributed by atoms with van der Waals surface area (Å²) in [6.07, 6.45) is -3.85. The van der Waals surface area contributed by atoms with Crippen LogP contribution in [0.5, 0.6) is 0 Å². The van der Waals surface area contributed by atoms with Gasteiger partial charge in [-0.25, -0.2) is 9.18 Å². The highest BCUT2D eigenvalue weighted by molar-refractivity contribution is 6.08. The third-order valence-corrected chi connectivity index (χ3v) is 3.70. The van der Waals surface area contributed by atoms with E-state index in [1.54, 1.807) is 5.32 Å². The van der Waals surface area contributed by atoms with Crippen LogP contribution >= 0.6 is 0 Å². The van der Waals surface area contributed by atoms with Crippen LogP contribution in [-0.4, -0.2) is 23.0 Å². The minimum Gasteiger partial charge on any atom is -0.467 e. The summed E-state index contributed by atoms with van der Waals surface area (Å²) in [4.78, 5) is 24.9. The van der Waals surface area contributed by atoms with Crippen molar-refractivity contribution < 1.29 is 31.6 Å². The van der Waals surface area contributed by atoms with Crippen LogP contribution in [0.3, 0.4) is 0 Å². The molecule has 1 atom stereocenters. The van der Waals surface area contributed by atoms with Gasteiger partial charge in [0.05, 0.1) is 12.8 Å². The second-order valence-corrected chi connectivity index (χ2v) is 5.16. The molecule has 1 N–H and O–H groups in total. The SMILES string of the molecule is O=C1NC(c2ccc(F)cc2)(C(F)(F)F)C(=O)N1Cc1ccco1. The van der Waals surface area contributed by atoms with E-state index in [4.69, 9.17) is 4.42 Å². The minimum absolute atomic E-state index is 0.149. The molecule has 0 aliphatic carbocycles. The molecule has 9 heteroatoms. The first kappa shape index (κ1) is 16.0. The zero-order chi connectivity index (χ0) is 17.5. The third-order valence-electron chi connectivity index (χ3n) is 3.70. The Morgan fingerprint density at radius 3 is 2.33 bits per heavy atom. The molecule has 1 unspecified atom stereocenters. The van der Waals surface area contributed by atoms with Crippen LogP contribution in [0.4, 0.5) is 22.4 Å². The Morgan fingerprint density at radius 2 is 1.79 bits per heavy atom. The van der Waals surface area contributed by atoms with Crippen LogP contribution < -0.4 is 5.32 Å². The molecule has 1 fully saturated rings. The highest BCUT2D eigenvalue weighted by atomic mass is 19.4. The predicted octanol–water partition coefficient (Wildman–Crippen LogP) is 2.93. The Hall–Kier alpha value is -2.84. The summed E-state index contributed by atoms with van der Waals surface area (Å²) in [5.41, 5.74) is -3.83. The van der Waals surface area contributed by atoms with Crippen molar-refractivity contribution in [2.45, 2.75) is 18.3 Å². The normalized spacial score (nSPS) is 21.2. The maximum absolute atomic E-state index is 13.7. The van der Waals surface area contributed by atoms with Gasteiger partial charge >= 0.3 is 12.2 Å². The van der Waals surface area contributed by atoms with E-state index in [1.807, 2.05) is 0 Å². The number of rotatable bonds is 3. The monoisotopic (exact) mass is 342 g/mol. The summed E-state index contributed by atoms with van der Waals surface area (Å²) in [5, 5.41) is 1.70. The molecular formula is C15H10F4N2O3.